The molecular weight excluding hydrogens is 490 g/mol. The number of carbonyl (C=O) groups excluding carboxylic acids is 2. The van der Waals surface area contributed by atoms with Crippen LogP contribution in [-0.2, 0) is 0 Å². The highest BCUT2D eigenvalue weighted by molar-refractivity contribution is 6.34. The largest absolute Gasteiger partial charge is 0.482 e. The first kappa shape index (κ1) is 19.2. The lowest BCUT2D eigenvalue weighted by Crippen LogP contribution is -2.31. The Morgan fingerprint density at radius 3 is 2.45 bits per heavy atom. The molecule has 38 heavy (non-hydrogen) atoms. The van der Waals surface area contributed by atoms with E-state index >= 15 is 0 Å². The van der Waals surface area contributed by atoms with Crippen molar-refractivity contribution >= 4 is 28.5 Å². The van der Waals surface area contributed by atoms with Gasteiger partial charge in [0.15, 0.2) is 17.4 Å². The molecule has 1 atom stereocenters. The normalized spacial score (nSPS) is 16.4. The van der Waals surface area contributed by atoms with Crippen LogP contribution in [0.4, 0.5) is 14.6 Å². The van der Waals surface area contributed by atoms with Gasteiger partial charge in [0.25, 0.3) is 11.8 Å². The van der Waals surface area contributed by atoms with Gasteiger partial charge in [-0.05, 0) is 50.2 Å². The lowest BCUT2D eigenvalue weighted by molar-refractivity contribution is 0.0922. The molecule has 0 spiro atoms. The molecule has 1 aliphatic rings. The molecule has 0 N–H and O–H groups in total. The number of hydrogen-bond donors (Lipinski definition) is 0. The van der Waals surface area contributed by atoms with Crippen molar-refractivity contribution in [2.24, 2.45) is 0 Å². The molecule has 3 aromatic carbocycles. The number of ether oxygens (including phenoxy) is 1. The van der Waals surface area contributed by atoms with Gasteiger partial charge in [-0.15, -0.1) is 0 Å². The van der Waals surface area contributed by atoms with Crippen LogP contribution in [0.5, 0.6) is 5.75 Å². The number of aromatic nitrogens is 3. The van der Waals surface area contributed by atoms with E-state index in [1.165, 1.54) is 29.1 Å². The fraction of sp³-hybridized carbons (Fsp3) is 0.103. The third-order valence-electron chi connectivity index (χ3n) is 6.15. The first-order valence-corrected chi connectivity index (χ1v) is 11.5. The van der Waals surface area contributed by atoms with Crippen LogP contribution >= 0.6 is 0 Å². The molecule has 7 nitrogen and oxygen atoms in total. The molecule has 0 bridgehead atoms. The number of pyridine rings is 1. The maximum absolute atomic E-state index is 14.9. The Bertz CT molecular complexity index is 1880. The van der Waals surface area contributed by atoms with Crippen molar-refractivity contribution in [1.82, 2.24) is 14.8 Å². The first-order chi connectivity index (χ1) is 19.9. The highest BCUT2D eigenvalue weighted by Crippen LogP contribution is 2.39. The summed E-state index contributed by atoms with van der Waals surface area (Å²) in [6.07, 6.45) is 0.151. The van der Waals surface area contributed by atoms with Gasteiger partial charge < -0.3 is 4.74 Å². The summed E-state index contributed by atoms with van der Waals surface area (Å²) in [6.45, 7) is -1.48. The van der Waals surface area contributed by atoms with E-state index in [4.69, 9.17) is 8.85 Å². The smallest absolute Gasteiger partial charge is 0.267 e. The summed E-state index contributed by atoms with van der Waals surface area (Å²) in [5.74, 6) is -4.73. The molecule has 2 amide bonds. The zero-order valence-corrected chi connectivity index (χ0v) is 19.8. The van der Waals surface area contributed by atoms with Gasteiger partial charge in [0.2, 0.25) is 0 Å². The fourth-order valence-corrected chi connectivity index (χ4v) is 4.41. The fourth-order valence-electron chi connectivity index (χ4n) is 4.41. The minimum absolute atomic E-state index is 0.0440. The molecule has 5 aromatic rings. The van der Waals surface area contributed by atoms with Gasteiger partial charge in [0.1, 0.15) is 17.4 Å². The van der Waals surface area contributed by atoms with E-state index in [1.54, 1.807) is 43.5 Å². The maximum Gasteiger partial charge on any atom is 0.267 e. The van der Waals surface area contributed by atoms with Crippen molar-refractivity contribution in [3.63, 3.8) is 0 Å². The quantitative estimate of drug-likeness (QED) is 0.271. The number of amides is 2. The summed E-state index contributed by atoms with van der Waals surface area (Å²) in [4.78, 5) is 31.6. The van der Waals surface area contributed by atoms with E-state index < -0.39 is 53.5 Å². The van der Waals surface area contributed by atoms with Crippen LogP contribution < -0.4 is 9.64 Å². The van der Waals surface area contributed by atoms with Gasteiger partial charge in [-0.3, -0.25) is 9.59 Å². The summed E-state index contributed by atoms with van der Waals surface area (Å²) >= 11 is 0. The minimum atomic E-state index is -3.18. The third-order valence-corrected chi connectivity index (χ3v) is 6.15. The Morgan fingerprint density at radius 2 is 1.76 bits per heavy atom. The Hall–Kier alpha value is -4.92. The molecule has 0 saturated heterocycles. The zero-order chi connectivity index (χ0) is 30.0. The molecule has 0 aliphatic carbocycles. The Morgan fingerprint density at radius 1 is 1.00 bits per heavy atom. The number of anilines is 1. The van der Waals surface area contributed by atoms with Gasteiger partial charge in [-0.1, -0.05) is 29.8 Å². The molecule has 1 unspecified atom stereocenters. The molecule has 1 aliphatic heterocycles. The number of hydrogen-bond acceptors (Lipinski definition) is 5. The number of imide groups is 1. The Kier molecular flexibility index (Phi) is 4.49. The molecule has 0 radical (unpaired) electrons. The molecule has 3 heterocycles. The SMILES string of the molecule is [2H]C([2H])([2H])C([2H])(Oc1cc2cc(F)cc(F)c2nc1N1C(=O)c2ccccc2C1=O)c1cc(C)ccc1-n1cccn1. The predicted octanol–water partition coefficient (Wildman–Crippen LogP) is 5.95. The van der Waals surface area contributed by atoms with Crippen molar-refractivity contribution in [3.8, 4) is 11.4 Å². The highest BCUT2D eigenvalue weighted by Gasteiger charge is 2.39. The summed E-state index contributed by atoms with van der Waals surface area (Å²) in [5, 5.41) is 4.02. The van der Waals surface area contributed by atoms with E-state index in [1.807, 2.05) is 0 Å². The molecule has 2 aromatic heterocycles. The third kappa shape index (κ3) is 3.80. The molecule has 0 saturated carbocycles. The predicted molar refractivity (Wildman–Crippen MR) is 137 cm³/mol. The summed E-state index contributed by atoms with van der Waals surface area (Å²) in [6, 6.07) is 14.9. The Labute approximate surface area is 221 Å². The van der Waals surface area contributed by atoms with Crippen LogP contribution in [0.1, 0.15) is 50.3 Å². The van der Waals surface area contributed by atoms with Crippen LogP contribution in [-0.4, -0.2) is 26.6 Å². The highest BCUT2D eigenvalue weighted by atomic mass is 19.1. The lowest BCUT2D eigenvalue weighted by Gasteiger charge is -2.23. The van der Waals surface area contributed by atoms with Crippen molar-refractivity contribution < 1.29 is 28.6 Å². The topological polar surface area (TPSA) is 77.3 Å². The number of rotatable bonds is 5. The number of nitrogens with zero attached hydrogens (tertiary/aromatic N) is 4. The molecular formula is C29H20F2N4O3. The standard InChI is InChI=1S/C29H20F2N4O3/c1-16-8-9-24(34-11-5-10-32-34)22(12-16)17(2)38-25-14-18-13-19(30)15-23(31)26(18)33-27(25)35-28(36)20-6-3-4-7-21(20)29(35)37/h3-15,17H,1-2H3/i2D3,17D. The van der Waals surface area contributed by atoms with Gasteiger partial charge in [-0.25, -0.2) is 23.3 Å². The van der Waals surface area contributed by atoms with Gasteiger partial charge in [0.05, 0.1) is 18.2 Å². The average Bonchev–Trinajstić information content (AvgIpc) is 3.55. The summed E-state index contributed by atoms with van der Waals surface area (Å²) < 4.78 is 70.8. The van der Waals surface area contributed by atoms with Crippen molar-refractivity contribution in [3.05, 3.63) is 113 Å². The van der Waals surface area contributed by atoms with Crippen LogP contribution in [0.15, 0.2) is 79.1 Å². The number of carbonyl (C=O) groups is 2. The van der Waals surface area contributed by atoms with E-state index in [0.717, 1.165) is 12.1 Å². The van der Waals surface area contributed by atoms with Crippen LogP contribution in [0.25, 0.3) is 16.6 Å². The van der Waals surface area contributed by atoms with Gasteiger partial charge in [0, 0.05) is 33.5 Å². The second kappa shape index (κ2) is 8.88. The Balaban J connectivity index is 1.61. The number of aryl methyl sites for hydroxylation is 1. The average molecular weight is 515 g/mol. The number of fused-ring (bicyclic) bond motifs is 2. The molecule has 188 valence electrons. The van der Waals surface area contributed by atoms with Gasteiger partial charge in [-0.2, -0.15) is 5.10 Å². The molecule has 6 rings (SSSR count). The van der Waals surface area contributed by atoms with Crippen LogP contribution in [0.3, 0.4) is 0 Å². The lowest BCUT2D eigenvalue weighted by atomic mass is 10.0. The second-order valence-electron chi connectivity index (χ2n) is 8.66. The molecule has 0 fully saturated rings. The van der Waals surface area contributed by atoms with Crippen molar-refractivity contribution in [1.29, 1.82) is 0 Å². The van der Waals surface area contributed by atoms with E-state index in [0.29, 0.717) is 16.5 Å². The summed E-state index contributed by atoms with van der Waals surface area (Å²) in [7, 11) is 0. The van der Waals surface area contributed by atoms with Crippen molar-refractivity contribution in [2.45, 2.75) is 19.9 Å². The molecule has 9 heteroatoms. The van der Waals surface area contributed by atoms with Crippen LogP contribution in [0.2, 0.25) is 0 Å². The zero-order valence-electron chi connectivity index (χ0n) is 23.8. The minimum Gasteiger partial charge on any atom is -0.482 e. The van der Waals surface area contributed by atoms with Crippen molar-refractivity contribution in [2.75, 3.05) is 4.90 Å². The maximum atomic E-state index is 14.9. The number of benzene rings is 3. The first-order valence-electron chi connectivity index (χ1n) is 13.5. The number of halogens is 2. The monoisotopic (exact) mass is 514 g/mol. The van der Waals surface area contributed by atoms with E-state index in [9.17, 15) is 19.7 Å². The van der Waals surface area contributed by atoms with E-state index in [-0.39, 0.29) is 27.8 Å². The summed E-state index contributed by atoms with van der Waals surface area (Å²) in [5.41, 5.74) is 0.388. The second-order valence-corrected chi connectivity index (χ2v) is 8.66. The van der Waals surface area contributed by atoms with Crippen LogP contribution in [0, 0.1) is 18.6 Å². The van der Waals surface area contributed by atoms with E-state index in [2.05, 4.69) is 10.1 Å². The van der Waals surface area contributed by atoms with Gasteiger partial charge >= 0.3 is 0 Å².